The number of hydrogen-bond acceptors (Lipinski definition) is 2. The van der Waals surface area contributed by atoms with E-state index < -0.39 is 0 Å². The van der Waals surface area contributed by atoms with Crippen LogP contribution in [-0.4, -0.2) is 11.4 Å². The molecule has 3 rings (SSSR count). The molecule has 0 amide bonds. The lowest BCUT2D eigenvalue weighted by molar-refractivity contribution is 0.174. The summed E-state index contributed by atoms with van der Waals surface area (Å²) in [4.78, 5) is 0. The third-order valence-electron chi connectivity index (χ3n) is 3.31. The molecule has 18 heavy (non-hydrogen) atoms. The molecule has 3 nitrogen and oxygen atoms in total. The van der Waals surface area contributed by atoms with Gasteiger partial charge in [-0.25, -0.2) is 0 Å². The van der Waals surface area contributed by atoms with E-state index in [9.17, 15) is 0 Å². The molecule has 1 aromatic carbocycles. The van der Waals surface area contributed by atoms with Crippen molar-refractivity contribution in [2.75, 3.05) is 6.79 Å². The summed E-state index contributed by atoms with van der Waals surface area (Å²) in [5, 5.41) is 0. The van der Waals surface area contributed by atoms with Crippen LogP contribution >= 0.6 is 0 Å². The van der Waals surface area contributed by atoms with Gasteiger partial charge in [0.15, 0.2) is 11.5 Å². The molecule has 0 fully saturated rings. The molecular weight excluding hydrogens is 226 g/mol. The smallest absolute Gasteiger partial charge is 0.231 e. The van der Waals surface area contributed by atoms with Crippen molar-refractivity contribution in [2.24, 2.45) is 0 Å². The molecule has 0 bridgehead atoms. The molecule has 0 radical (unpaired) electrons. The monoisotopic (exact) mass is 243 g/mol. The van der Waals surface area contributed by atoms with Crippen molar-refractivity contribution in [3.63, 3.8) is 0 Å². The Balaban J connectivity index is 2.10. The highest BCUT2D eigenvalue weighted by molar-refractivity contribution is 5.65. The molecule has 0 saturated heterocycles. The molecule has 1 aliphatic heterocycles. The van der Waals surface area contributed by atoms with Crippen molar-refractivity contribution in [3.8, 4) is 22.8 Å². The molecule has 2 aromatic rings. The predicted octanol–water partition coefficient (Wildman–Crippen LogP) is 3.77. The van der Waals surface area contributed by atoms with Gasteiger partial charge in [0.1, 0.15) is 0 Å². The van der Waals surface area contributed by atoms with Crippen LogP contribution in [0.4, 0.5) is 0 Å². The molecule has 3 heteroatoms. The molecule has 0 aliphatic carbocycles. The Morgan fingerprint density at radius 2 is 1.83 bits per heavy atom. The van der Waals surface area contributed by atoms with E-state index in [4.69, 9.17) is 9.47 Å². The zero-order valence-corrected chi connectivity index (χ0v) is 10.9. The molecule has 94 valence electrons. The second kappa shape index (κ2) is 4.09. The van der Waals surface area contributed by atoms with Crippen LogP contribution in [0.15, 0.2) is 30.3 Å². The van der Waals surface area contributed by atoms with Crippen LogP contribution in [0, 0.1) is 6.92 Å². The molecule has 2 heterocycles. The first-order valence-electron chi connectivity index (χ1n) is 6.24. The highest BCUT2D eigenvalue weighted by atomic mass is 16.7. The average molecular weight is 243 g/mol. The summed E-state index contributed by atoms with van der Waals surface area (Å²) < 4.78 is 13.1. The van der Waals surface area contributed by atoms with E-state index in [1.807, 2.05) is 6.07 Å². The van der Waals surface area contributed by atoms with Gasteiger partial charge in [-0.2, -0.15) is 0 Å². The van der Waals surface area contributed by atoms with E-state index >= 15 is 0 Å². The molecular formula is C15H17NO2. The van der Waals surface area contributed by atoms with Crippen LogP contribution in [0.5, 0.6) is 11.5 Å². The molecule has 0 spiro atoms. The van der Waals surface area contributed by atoms with Crippen molar-refractivity contribution in [1.29, 1.82) is 0 Å². The lowest BCUT2D eigenvalue weighted by Gasteiger charge is -2.16. The maximum atomic E-state index is 5.44. The van der Waals surface area contributed by atoms with Gasteiger partial charge in [-0.05, 0) is 51.1 Å². The topological polar surface area (TPSA) is 23.4 Å². The van der Waals surface area contributed by atoms with Crippen LogP contribution in [0.25, 0.3) is 11.3 Å². The number of ether oxygens (including phenoxy) is 2. The Kier molecular flexibility index (Phi) is 2.54. The fourth-order valence-corrected chi connectivity index (χ4v) is 2.53. The largest absolute Gasteiger partial charge is 0.454 e. The van der Waals surface area contributed by atoms with Gasteiger partial charge < -0.3 is 14.0 Å². The first kappa shape index (κ1) is 11.2. The van der Waals surface area contributed by atoms with E-state index in [0.717, 1.165) is 11.5 Å². The van der Waals surface area contributed by atoms with Gasteiger partial charge in [-0.15, -0.1) is 0 Å². The minimum atomic E-state index is 0.322. The van der Waals surface area contributed by atoms with Crippen LogP contribution < -0.4 is 9.47 Å². The van der Waals surface area contributed by atoms with E-state index in [1.165, 1.54) is 17.0 Å². The predicted molar refractivity (Wildman–Crippen MR) is 71.1 cm³/mol. The van der Waals surface area contributed by atoms with Gasteiger partial charge in [0.05, 0.1) is 0 Å². The number of aromatic nitrogens is 1. The van der Waals surface area contributed by atoms with Crippen molar-refractivity contribution in [2.45, 2.75) is 26.8 Å². The van der Waals surface area contributed by atoms with Crippen LogP contribution in [0.2, 0.25) is 0 Å². The van der Waals surface area contributed by atoms with Gasteiger partial charge in [-0.3, -0.25) is 0 Å². The molecule has 0 atom stereocenters. The Morgan fingerprint density at radius 3 is 2.61 bits per heavy atom. The normalized spacial score (nSPS) is 13.3. The van der Waals surface area contributed by atoms with Gasteiger partial charge in [0.25, 0.3) is 0 Å². The summed E-state index contributed by atoms with van der Waals surface area (Å²) in [5.41, 5.74) is 3.67. The van der Waals surface area contributed by atoms with E-state index in [2.05, 4.69) is 49.6 Å². The molecule has 0 unspecified atom stereocenters. The van der Waals surface area contributed by atoms with Gasteiger partial charge in [0, 0.05) is 23.0 Å². The second-order valence-corrected chi connectivity index (χ2v) is 4.89. The number of aryl methyl sites for hydroxylation is 1. The third-order valence-corrected chi connectivity index (χ3v) is 3.31. The molecule has 0 saturated carbocycles. The first-order chi connectivity index (χ1) is 8.66. The van der Waals surface area contributed by atoms with Crippen LogP contribution in [0.1, 0.15) is 25.6 Å². The van der Waals surface area contributed by atoms with Crippen LogP contribution in [0.3, 0.4) is 0 Å². The van der Waals surface area contributed by atoms with Crippen molar-refractivity contribution >= 4 is 0 Å². The summed E-state index contributed by atoms with van der Waals surface area (Å²) in [6.45, 7) is 6.85. The van der Waals surface area contributed by atoms with Crippen molar-refractivity contribution < 1.29 is 9.47 Å². The number of fused-ring (bicyclic) bond motifs is 1. The Bertz CT molecular complexity index is 584. The van der Waals surface area contributed by atoms with Gasteiger partial charge in [-0.1, -0.05) is 0 Å². The van der Waals surface area contributed by atoms with Crippen LogP contribution in [-0.2, 0) is 0 Å². The minimum absolute atomic E-state index is 0.322. The Labute approximate surface area is 107 Å². The summed E-state index contributed by atoms with van der Waals surface area (Å²) >= 11 is 0. The fourth-order valence-electron chi connectivity index (χ4n) is 2.53. The second-order valence-electron chi connectivity index (χ2n) is 4.89. The maximum Gasteiger partial charge on any atom is 0.231 e. The lowest BCUT2D eigenvalue weighted by Crippen LogP contribution is -2.04. The summed E-state index contributed by atoms with van der Waals surface area (Å²) in [6.07, 6.45) is 0. The summed E-state index contributed by atoms with van der Waals surface area (Å²) in [6, 6.07) is 10.9. The zero-order valence-electron chi connectivity index (χ0n) is 10.9. The quantitative estimate of drug-likeness (QED) is 0.801. The number of hydrogen-bond donors (Lipinski definition) is 0. The molecule has 0 N–H and O–H groups in total. The van der Waals surface area contributed by atoms with Gasteiger partial charge >= 0.3 is 0 Å². The summed E-state index contributed by atoms with van der Waals surface area (Å²) in [5.74, 6) is 1.67. The molecule has 1 aromatic heterocycles. The SMILES string of the molecule is Cc1ccc(-c2ccc3c(c2)OCO3)n1C(C)C. The minimum Gasteiger partial charge on any atom is -0.454 e. The maximum absolute atomic E-state index is 5.44. The zero-order chi connectivity index (χ0) is 12.7. The summed E-state index contributed by atoms with van der Waals surface area (Å²) in [7, 11) is 0. The highest BCUT2D eigenvalue weighted by Gasteiger charge is 2.16. The van der Waals surface area contributed by atoms with Gasteiger partial charge in [0.2, 0.25) is 6.79 Å². The van der Waals surface area contributed by atoms with E-state index in [-0.39, 0.29) is 0 Å². The third kappa shape index (κ3) is 1.67. The van der Waals surface area contributed by atoms with Crippen molar-refractivity contribution in [3.05, 3.63) is 36.0 Å². The van der Waals surface area contributed by atoms with Crippen molar-refractivity contribution in [1.82, 2.24) is 4.57 Å². The number of nitrogens with zero attached hydrogens (tertiary/aromatic N) is 1. The molecule has 1 aliphatic rings. The number of benzene rings is 1. The average Bonchev–Trinajstić information content (AvgIpc) is 2.93. The fraction of sp³-hybridized carbons (Fsp3) is 0.333. The Morgan fingerprint density at radius 1 is 1.06 bits per heavy atom. The number of rotatable bonds is 2. The first-order valence-corrected chi connectivity index (χ1v) is 6.24. The van der Waals surface area contributed by atoms with E-state index in [1.54, 1.807) is 0 Å². The highest BCUT2D eigenvalue weighted by Crippen LogP contribution is 2.37. The Hall–Kier alpha value is -1.90. The lowest BCUT2D eigenvalue weighted by atomic mass is 10.1. The standard InChI is InChI=1S/C15H17NO2/c1-10(2)16-11(3)4-6-13(16)12-5-7-14-15(8-12)18-9-17-14/h4-8,10H,9H2,1-3H3. The van der Waals surface area contributed by atoms with E-state index in [0.29, 0.717) is 12.8 Å².